The van der Waals surface area contributed by atoms with Crippen LogP contribution in [0.25, 0.3) is 0 Å². The van der Waals surface area contributed by atoms with Crippen molar-refractivity contribution in [1.29, 1.82) is 0 Å². The maximum Gasteiger partial charge on any atom is 0.408 e. The molecule has 0 aromatic heterocycles. The Hall–Kier alpha value is -4.47. The second kappa shape index (κ2) is 19.4. The first-order valence-corrected chi connectivity index (χ1v) is 16.0. The molecule has 0 bridgehead atoms. The second-order valence-electron chi connectivity index (χ2n) is 11.6. The summed E-state index contributed by atoms with van der Waals surface area (Å²) in [6.07, 6.45) is -5.11. The number of hydrogen-bond donors (Lipinski definition) is 4. The van der Waals surface area contributed by atoms with Crippen LogP contribution in [-0.4, -0.2) is 102 Å². The van der Waals surface area contributed by atoms with Gasteiger partial charge in [0.15, 0.2) is 0 Å². The van der Waals surface area contributed by atoms with Crippen molar-refractivity contribution < 1.29 is 71.5 Å². The molecule has 0 fully saturated rings. The fourth-order valence-electron chi connectivity index (χ4n) is 2.99. The van der Waals surface area contributed by atoms with Crippen molar-refractivity contribution in [3.8, 4) is 0 Å². The van der Waals surface area contributed by atoms with E-state index in [0.29, 0.717) is 0 Å². The first-order valence-electron chi connectivity index (χ1n) is 14.2. The Morgan fingerprint density at radius 1 is 0.625 bits per heavy atom. The molecule has 270 valence electrons. The minimum Gasteiger partial charge on any atom is -0.460 e. The molecule has 0 spiro atoms. The highest BCUT2D eigenvalue weighted by molar-refractivity contribution is 7.51. The molecule has 17 nitrogen and oxygen atoms in total. The van der Waals surface area contributed by atoms with Gasteiger partial charge in [0.25, 0.3) is 0 Å². The van der Waals surface area contributed by atoms with E-state index in [0.717, 1.165) is 0 Å². The monoisotopic (exact) mass is 704 g/mol. The molecule has 1 unspecified atom stereocenters. The summed E-state index contributed by atoms with van der Waals surface area (Å²) in [5, 5.41) is 4.75. The van der Waals surface area contributed by atoms with Crippen LogP contribution >= 0.6 is 7.60 Å². The highest BCUT2D eigenvalue weighted by Crippen LogP contribution is 2.35. The smallest absolute Gasteiger partial charge is 0.408 e. The Balaban J connectivity index is 5.84. The van der Waals surface area contributed by atoms with Gasteiger partial charge in [-0.25, -0.2) is 28.8 Å². The molecule has 0 radical (unpaired) electrons. The summed E-state index contributed by atoms with van der Waals surface area (Å²) in [7, 11) is -4.61. The fraction of sp³-hybridized carbons (Fsp3) is 0.533. The van der Waals surface area contributed by atoms with Gasteiger partial charge in [-0.3, -0.25) is 4.57 Å². The van der Waals surface area contributed by atoms with Crippen molar-refractivity contribution in [3.05, 3.63) is 48.6 Å². The van der Waals surface area contributed by atoms with E-state index in [1.165, 1.54) is 41.5 Å². The van der Waals surface area contributed by atoms with Crippen LogP contribution in [0.15, 0.2) is 48.6 Å². The summed E-state index contributed by atoms with van der Waals surface area (Å²) in [4.78, 5) is 92.2. The van der Waals surface area contributed by atoms with Crippen LogP contribution in [0.4, 0.5) is 9.59 Å². The van der Waals surface area contributed by atoms with E-state index in [9.17, 15) is 43.1 Å². The molecule has 18 heteroatoms. The predicted molar refractivity (Wildman–Crippen MR) is 169 cm³/mol. The van der Waals surface area contributed by atoms with E-state index >= 15 is 0 Å². The normalized spacial score (nSPS) is 11.9. The SMILES string of the molecule is C=C(C)C(=O)OCC(C)(COC(=O)C(=C)C)NC(=O)OCC(CCP(=O)(O)O)OC(=O)NC(C)(COC(=O)C(=C)C)COC(=O)C(=C)C. The van der Waals surface area contributed by atoms with Gasteiger partial charge in [-0.05, 0) is 48.0 Å². The highest BCUT2D eigenvalue weighted by Gasteiger charge is 2.34. The third-order valence-electron chi connectivity index (χ3n) is 5.71. The molecule has 1 atom stereocenters. The van der Waals surface area contributed by atoms with Crippen LogP contribution in [-0.2, 0) is 52.2 Å². The lowest BCUT2D eigenvalue weighted by atomic mass is 10.1. The molecule has 0 aromatic rings. The molecule has 48 heavy (non-hydrogen) atoms. The van der Waals surface area contributed by atoms with Gasteiger partial charge in [-0.2, -0.15) is 0 Å². The van der Waals surface area contributed by atoms with Gasteiger partial charge in [0.2, 0.25) is 0 Å². The molecule has 0 heterocycles. The number of alkyl carbamates (subject to hydrolysis) is 2. The van der Waals surface area contributed by atoms with Crippen molar-refractivity contribution in [1.82, 2.24) is 10.6 Å². The maximum absolute atomic E-state index is 12.9. The molecule has 0 saturated carbocycles. The lowest BCUT2D eigenvalue weighted by molar-refractivity contribution is -0.147. The summed E-state index contributed by atoms with van der Waals surface area (Å²) in [6.45, 7) is 19.3. The van der Waals surface area contributed by atoms with Crippen LogP contribution in [0, 0.1) is 0 Å². The summed E-state index contributed by atoms with van der Waals surface area (Å²) < 4.78 is 42.4. The number of carbonyl (C=O) groups is 6. The molecular formula is C30H45N2O15P. The summed E-state index contributed by atoms with van der Waals surface area (Å²) in [6, 6.07) is 0. The van der Waals surface area contributed by atoms with Gasteiger partial charge in [0, 0.05) is 22.3 Å². The number of esters is 4. The second-order valence-corrected chi connectivity index (χ2v) is 13.4. The van der Waals surface area contributed by atoms with Gasteiger partial charge in [0.05, 0.1) is 6.16 Å². The van der Waals surface area contributed by atoms with E-state index in [-0.39, 0.29) is 22.3 Å². The first-order chi connectivity index (χ1) is 21.9. The Kier molecular flexibility index (Phi) is 17.6. The lowest BCUT2D eigenvalue weighted by Crippen LogP contribution is -2.55. The van der Waals surface area contributed by atoms with Crippen molar-refractivity contribution in [2.45, 2.75) is 65.1 Å². The largest absolute Gasteiger partial charge is 0.460 e. The number of carbonyl (C=O) groups excluding carboxylic acids is 6. The maximum atomic E-state index is 12.9. The van der Waals surface area contributed by atoms with Gasteiger partial charge < -0.3 is 48.8 Å². The average Bonchev–Trinajstić information content (AvgIpc) is 2.96. The number of hydrogen-bond acceptors (Lipinski definition) is 13. The third kappa shape index (κ3) is 18.6. The molecule has 0 aliphatic rings. The van der Waals surface area contributed by atoms with Crippen molar-refractivity contribution in [3.63, 3.8) is 0 Å². The molecule has 0 aliphatic heterocycles. The number of ether oxygens (including phenoxy) is 6. The Labute approximate surface area is 278 Å². The van der Waals surface area contributed by atoms with Crippen LogP contribution in [0.1, 0.15) is 48.0 Å². The minimum atomic E-state index is -4.61. The standard InChI is InChI=1S/C30H45N2O15P/c1-18(2)23(33)43-14-29(9,15-44-24(34)19(3)4)31-27(37)42-13-22(11-12-48(39,40)41)47-28(38)32-30(10,16-45-25(35)20(5)6)17-46-26(36)21(7)8/h22H,1,3,5,7,11-17H2,2,4,6,8-10H3,(H,31,37)(H,32,38)(H2,39,40,41). The predicted octanol–water partition coefficient (Wildman–Crippen LogP) is 2.37. The van der Waals surface area contributed by atoms with Gasteiger partial charge in [-0.1, -0.05) is 26.3 Å². The fourth-order valence-corrected chi connectivity index (χ4v) is 3.61. The third-order valence-corrected chi connectivity index (χ3v) is 6.55. The first kappa shape index (κ1) is 43.5. The molecular weight excluding hydrogens is 659 g/mol. The molecule has 0 rings (SSSR count). The van der Waals surface area contributed by atoms with E-state index in [1.807, 2.05) is 0 Å². The summed E-state index contributed by atoms with van der Waals surface area (Å²) in [5.41, 5.74) is -2.92. The van der Waals surface area contributed by atoms with Crippen LogP contribution < -0.4 is 10.6 Å². The lowest BCUT2D eigenvalue weighted by Gasteiger charge is -2.31. The van der Waals surface area contributed by atoms with Gasteiger partial charge >= 0.3 is 43.7 Å². The van der Waals surface area contributed by atoms with Crippen LogP contribution in [0.5, 0.6) is 0 Å². The summed E-state index contributed by atoms with van der Waals surface area (Å²) in [5.74, 6) is -3.21. The van der Waals surface area contributed by atoms with Crippen molar-refractivity contribution in [2.75, 3.05) is 39.2 Å². The zero-order chi connectivity index (χ0) is 37.5. The molecule has 2 amide bonds. The quantitative estimate of drug-likeness (QED) is 0.0616. The van der Waals surface area contributed by atoms with Crippen LogP contribution in [0.2, 0.25) is 0 Å². The molecule has 0 aromatic carbocycles. The van der Waals surface area contributed by atoms with E-state index in [2.05, 4.69) is 36.9 Å². The molecule has 0 aliphatic carbocycles. The Morgan fingerprint density at radius 3 is 1.23 bits per heavy atom. The van der Waals surface area contributed by atoms with E-state index in [1.54, 1.807) is 0 Å². The van der Waals surface area contributed by atoms with E-state index < -0.39 is 106 Å². The van der Waals surface area contributed by atoms with Crippen molar-refractivity contribution in [2.24, 2.45) is 0 Å². The zero-order valence-corrected chi connectivity index (χ0v) is 28.9. The average molecular weight is 705 g/mol. The number of nitrogens with one attached hydrogen (secondary N) is 2. The highest BCUT2D eigenvalue weighted by atomic mass is 31.2. The van der Waals surface area contributed by atoms with Crippen LogP contribution in [0.3, 0.4) is 0 Å². The number of amides is 2. The molecule has 0 saturated heterocycles. The van der Waals surface area contributed by atoms with E-state index in [4.69, 9.17) is 28.4 Å². The van der Waals surface area contributed by atoms with Gasteiger partial charge in [0.1, 0.15) is 50.2 Å². The molecule has 4 N–H and O–H groups in total. The zero-order valence-electron chi connectivity index (χ0n) is 28.0. The summed E-state index contributed by atoms with van der Waals surface area (Å²) >= 11 is 0. The minimum absolute atomic E-state index is 0.0471. The topological polar surface area (TPSA) is 239 Å². The Morgan fingerprint density at radius 2 is 0.938 bits per heavy atom. The number of rotatable bonds is 20. The van der Waals surface area contributed by atoms with Crippen molar-refractivity contribution >= 4 is 43.7 Å². The Bertz CT molecular complexity index is 1270. The van der Waals surface area contributed by atoms with Gasteiger partial charge in [-0.15, -0.1) is 0 Å².